The van der Waals surface area contributed by atoms with Crippen LogP contribution in [0.3, 0.4) is 0 Å². The highest BCUT2D eigenvalue weighted by Crippen LogP contribution is 2.50. The second-order valence-corrected chi connectivity index (χ2v) is 17.6. The lowest BCUT2D eigenvalue weighted by Gasteiger charge is -2.21. The molecule has 8 heteroatoms. The molecule has 0 bridgehead atoms. The molecule has 0 amide bonds. The van der Waals surface area contributed by atoms with Crippen molar-refractivity contribution in [1.82, 2.24) is 0 Å². The minimum Gasteiger partial charge on any atom is -0.390 e. The lowest BCUT2D eigenvalue weighted by atomic mass is 9.90. The molecule has 2 aromatic heterocycles. The Labute approximate surface area is 355 Å². The van der Waals surface area contributed by atoms with E-state index in [0.29, 0.717) is 0 Å². The topological polar surface area (TPSA) is 71.0 Å². The highest BCUT2D eigenvalue weighted by atomic mass is 31.1. The van der Waals surface area contributed by atoms with E-state index in [1.165, 1.54) is 11.1 Å². The van der Waals surface area contributed by atoms with Gasteiger partial charge < -0.3 is 25.8 Å². The van der Waals surface area contributed by atoms with Crippen molar-refractivity contribution < 1.29 is 25.8 Å². The van der Waals surface area contributed by atoms with E-state index >= 15 is 0 Å². The first-order valence-electron chi connectivity index (χ1n) is 21.9. The Kier molecular flexibility index (Phi) is 13.7. The van der Waals surface area contributed by atoms with E-state index in [1.54, 1.807) is 0 Å². The van der Waals surface area contributed by atoms with Crippen LogP contribution in [0.15, 0.2) is 138 Å². The number of para-hydroxylation sites is 4. The maximum absolute atomic E-state index is 7.23. The summed E-state index contributed by atoms with van der Waals surface area (Å²) in [7, 11) is -3.83. The molecule has 0 atom stereocenters. The Bertz CT molecular complexity index is 2490. The summed E-state index contributed by atoms with van der Waals surface area (Å²) in [6.45, 7) is 8.99. The van der Waals surface area contributed by atoms with Gasteiger partial charge in [0.25, 0.3) is 0 Å². The quantitative estimate of drug-likeness (QED) is 0.0910. The number of hydrogen-bond donors (Lipinski definition) is 0. The lowest BCUT2D eigenvalue weighted by Crippen LogP contribution is -2.02. The molecule has 8 rings (SSSR count). The van der Waals surface area contributed by atoms with Crippen molar-refractivity contribution in [3.05, 3.63) is 144 Å². The molecule has 0 fully saturated rings. The first kappa shape index (κ1) is 41.5. The van der Waals surface area contributed by atoms with Gasteiger partial charge in [-0.15, -0.1) is 0 Å². The van der Waals surface area contributed by atoms with Gasteiger partial charge >= 0.3 is 16.5 Å². The van der Waals surface area contributed by atoms with Gasteiger partial charge in [0, 0.05) is 32.7 Å². The standard InChI is InChI=1S/C52H56O6P2/c1-5-9-21-37-33-39(23-11-7-3)51(57-59-53-47-29-17-13-25-41(47)42-26-14-18-30-48(42)54-59)45(35-37)46-36-38(22-10-6-2)34-40(24-12-8-4)52(46)58-60-55-49-31-19-15-27-43(49)44-28-16-20-32-50(44)56-60/h13-20,25-36H,5-12,21-24H2,1-4H3. The minimum absolute atomic E-state index is 0.739. The fourth-order valence-electron chi connectivity index (χ4n) is 7.94. The van der Waals surface area contributed by atoms with Crippen LogP contribution in [0.1, 0.15) is 101 Å². The van der Waals surface area contributed by atoms with Gasteiger partial charge in [-0.2, -0.15) is 0 Å². The molecule has 8 aromatic rings. The van der Waals surface area contributed by atoms with Gasteiger partial charge in [0.1, 0.15) is 33.8 Å². The molecule has 0 aliphatic carbocycles. The highest BCUT2D eigenvalue weighted by molar-refractivity contribution is 7.32. The lowest BCUT2D eigenvalue weighted by molar-refractivity contribution is 0.489. The predicted octanol–water partition coefficient (Wildman–Crippen LogP) is 17.6. The maximum Gasteiger partial charge on any atom is 0.453 e. The molecule has 0 saturated heterocycles. The number of unbranched alkanes of at least 4 members (excludes halogenated alkanes) is 4. The van der Waals surface area contributed by atoms with Crippen LogP contribution in [0.5, 0.6) is 11.5 Å². The van der Waals surface area contributed by atoms with Crippen molar-refractivity contribution in [2.45, 2.75) is 105 Å². The van der Waals surface area contributed by atoms with E-state index in [-0.39, 0.29) is 0 Å². The summed E-state index contributed by atoms with van der Waals surface area (Å²) >= 11 is 0. The molecule has 6 nitrogen and oxygen atoms in total. The van der Waals surface area contributed by atoms with Crippen molar-refractivity contribution >= 4 is 60.4 Å². The molecule has 0 N–H and O–H groups in total. The Hall–Kier alpha value is -5.28. The SMILES string of the molecule is CCCCc1cc(CCCC)c(Op2oc3ccccc3c3ccccc3o2)c(-c2cc(CCCC)cc(CCCC)c2Op2oc3ccccc3c3ccccc3o2)c1. The molecule has 2 heterocycles. The second kappa shape index (κ2) is 19.9. The van der Waals surface area contributed by atoms with Gasteiger partial charge in [-0.05, 0) is 110 Å². The summed E-state index contributed by atoms with van der Waals surface area (Å²) in [6, 6.07) is 41.8. The minimum atomic E-state index is -1.91. The predicted molar refractivity (Wildman–Crippen MR) is 251 cm³/mol. The Morgan fingerprint density at radius 3 is 1.00 bits per heavy atom. The van der Waals surface area contributed by atoms with Crippen LogP contribution in [-0.2, 0) is 25.7 Å². The van der Waals surface area contributed by atoms with Crippen molar-refractivity contribution in [1.29, 1.82) is 0 Å². The van der Waals surface area contributed by atoms with Crippen molar-refractivity contribution in [2.75, 3.05) is 0 Å². The van der Waals surface area contributed by atoms with Crippen molar-refractivity contribution in [2.24, 2.45) is 0 Å². The Balaban J connectivity index is 1.41. The molecule has 0 radical (unpaired) electrons. The van der Waals surface area contributed by atoms with E-state index in [1.807, 2.05) is 72.8 Å². The fourth-order valence-corrected chi connectivity index (χ4v) is 10.2. The van der Waals surface area contributed by atoms with E-state index in [9.17, 15) is 0 Å². The van der Waals surface area contributed by atoms with Gasteiger partial charge in [0.05, 0.1) is 0 Å². The monoisotopic (exact) mass is 838 g/mol. The molecule has 0 unspecified atom stereocenters. The number of fused-ring (bicyclic) bond motifs is 6. The molecular formula is C52H56O6P2. The average molecular weight is 839 g/mol. The van der Waals surface area contributed by atoms with Gasteiger partial charge in [-0.25, -0.2) is 0 Å². The summed E-state index contributed by atoms with van der Waals surface area (Å²) < 4.78 is 41.4. The molecular weight excluding hydrogens is 783 g/mol. The summed E-state index contributed by atoms with van der Waals surface area (Å²) in [5.41, 5.74) is 9.78. The first-order valence-corrected chi connectivity index (χ1v) is 24.1. The zero-order valence-electron chi connectivity index (χ0n) is 35.4. The summed E-state index contributed by atoms with van der Waals surface area (Å²) in [4.78, 5) is 0. The van der Waals surface area contributed by atoms with Gasteiger partial charge in [0.2, 0.25) is 0 Å². The highest BCUT2D eigenvalue weighted by Gasteiger charge is 2.25. The summed E-state index contributed by atoms with van der Waals surface area (Å²) in [5, 5.41) is 3.93. The number of rotatable bonds is 17. The van der Waals surface area contributed by atoms with Crippen LogP contribution in [-0.4, -0.2) is 0 Å². The third-order valence-corrected chi connectivity index (χ3v) is 13.2. The van der Waals surface area contributed by atoms with Crippen LogP contribution in [0.25, 0.3) is 55.0 Å². The molecule has 0 aliphatic rings. The number of hydrogen-bond acceptors (Lipinski definition) is 6. The van der Waals surface area contributed by atoms with E-state index in [0.717, 1.165) is 155 Å². The van der Waals surface area contributed by atoms with E-state index in [2.05, 4.69) is 76.2 Å². The Morgan fingerprint density at radius 1 is 0.383 bits per heavy atom. The zero-order valence-corrected chi connectivity index (χ0v) is 37.2. The zero-order chi connectivity index (χ0) is 41.3. The van der Waals surface area contributed by atoms with E-state index < -0.39 is 16.5 Å². The van der Waals surface area contributed by atoms with Crippen LogP contribution < -0.4 is 9.05 Å². The number of benzene rings is 6. The average Bonchev–Trinajstić information content (AvgIpc) is 3.54. The molecule has 0 aliphatic heterocycles. The van der Waals surface area contributed by atoms with Crippen LogP contribution in [0.2, 0.25) is 0 Å². The third kappa shape index (κ3) is 9.36. The molecule has 60 heavy (non-hydrogen) atoms. The van der Waals surface area contributed by atoms with Crippen LogP contribution in [0.4, 0.5) is 0 Å². The normalized spacial score (nSPS) is 11.5. The smallest absolute Gasteiger partial charge is 0.390 e. The van der Waals surface area contributed by atoms with Gasteiger partial charge in [-0.3, -0.25) is 0 Å². The fraction of sp³-hybridized carbons (Fsp3) is 0.308. The summed E-state index contributed by atoms with van der Waals surface area (Å²) in [6.07, 6.45) is 12.2. The molecule has 0 spiro atoms. The van der Waals surface area contributed by atoms with Gasteiger partial charge in [0.15, 0.2) is 0 Å². The third-order valence-electron chi connectivity index (χ3n) is 11.1. The van der Waals surface area contributed by atoms with Crippen molar-refractivity contribution in [3.8, 4) is 22.6 Å². The second-order valence-electron chi connectivity index (χ2n) is 15.7. The largest absolute Gasteiger partial charge is 0.453 e. The molecule has 310 valence electrons. The van der Waals surface area contributed by atoms with Crippen LogP contribution >= 0.6 is 16.5 Å². The van der Waals surface area contributed by atoms with Gasteiger partial charge in [-0.1, -0.05) is 138 Å². The Morgan fingerprint density at radius 2 is 0.683 bits per heavy atom. The maximum atomic E-state index is 7.23. The van der Waals surface area contributed by atoms with Crippen LogP contribution in [0, 0.1) is 0 Å². The molecule has 0 saturated carbocycles. The first-order chi connectivity index (χ1) is 29.6. The van der Waals surface area contributed by atoms with Crippen molar-refractivity contribution in [3.63, 3.8) is 0 Å². The number of aryl methyl sites for hydroxylation is 4. The van der Waals surface area contributed by atoms with E-state index in [4.69, 9.17) is 25.8 Å². The summed E-state index contributed by atoms with van der Waals surface area (Å²) in [5.74, 6) is 1.55. The molecule has 6 aromatic carbocycles.